The Bertz CT molecular complexity index is 310. The van der Waals surface area contributed by atoms with Crippen molar-refractivity contribution < 1.29 is 4.39 Å². The van der Waals surface area contributed by atoms with Crippen LogP contribution in [0.4, 0.5) is 4.39 Å². The molecule has 0 saturated carbocycles. The molecule has 0 fully saturated rings. The van der Waals surface area contributed by atoms with Gasteiger partial charge in [0.2, 0.25) is 0 Å². The normalized spacial score (nSPS) is 11.0. The number of aryl methyl sites for hydroxylation is 1. The third-order valence-electron chi connectivity index (χ3n) is 2.26. The molecule has 0 aliphatic heterocycles. The summed E-state index contributed by atoms with van der Waals surface area (Å²) in [6.45, 7) is 4.33. The van der Waals surface area contributed by atoms with Gasteiger partial charge in [-0.05, 0) is 32.6 Å². The van der Waals surface area contributed by atoms with Crippen LogP contribution in [0.1, 0.15) is 11.1 Å². The zero-order chi connectivity index (χ0) is 11.3. The van der Waals surface area contributed by atoms with Gasteiger partial charge in [0.25, 0.3) is 0 Å². The predicted octanol–water partition coefficient (Wildman–Crippen LogP) is 1.79. The van der Waals surface area contributed by atoms with Gasteiger partial charge in [-0.25, -0.2) is 4.39 Å². The number of hydrogen-bond donors (Lipinski definition) is 1. The minimum Gasteiger partial charge on any atom is -0.311 e. The lowest BCUT2D eigenvalue weighted by atomic mass is 10.1. The van der Waals surface area contributed by atoms with Crippen LogP contribution >= 0.6 is 0 Å². The van der Waals surface area contributed by atoms with Crippen LogP contribution in [0.25, 0.3) is 0 Å². The Kier molecular flexibility index (Phi) is 4.72. The summed E-state index contributed by atoms with van der Waals surface area (Å²) >= 11 is 0. The van der Waals surface area contributed by atoms with E-state index < -0.39 is 0 Å². The molecule has 0 aromatic heterocycles. The topological polar surface area (TPSA) is 15.3 Å². The van der Waals surface area contributed by atoms with Crippen molar-refractivity contribution in [3.8, 4) is 0 Å². The van der Waals surface area contributed by atoms with Gasteiger partial charge in [-0.3, -0.25) is 0 Å². The first-order chi connectivity index (χ1) is 7.09. The summed E-state index contributed by atoms with van der Waals surface area (Å²) in [5, 5.41) is 3.21. The first kappa shape index (κ1) is 12.1. The summed E-state index contributed by atoms with van der Waals surface area (Å²) in [5.41, 5.74) is 1.70. The average molecular weight is 210 g/mol. The minimum absolute atomic E-state index is 0.118. The summed E-state index contributed by atoms with van der Waals surface area (Å²) in [4.78, 5) is 2.10. The van der Waals surface area contributed by atoms with Crippen molar-refractivity contribution in [3.05, 3.63) is 35.1 Å². The van der Waals surface area contributed by atoms with Crippen LogP contribution < -0.4 is 5.32 Å². The van der Waals surface area contributed by atoms with Gasteiger partial charge in [-0.2, -0.15) is 0 Å². The van der Waals surface area contributed by atoms with Gasteiger partial charge in [0, 0.05) is 25.2 Å². The van der Waals surface area contributed by atoms with Gasteiger partial charge in [-0.15, -0.1) is 0 Å². The molecule has 1 N–H and O–H groups in total. The fraction of sp³-hybridized carbons (Fsp3) is 0.500. The summed E-state index contributed by atoms with van der Waals surface area (Å²) < 4.78 is 13.4. The van der Waals surface area contributed by atoms with Crippen molar-refractivity contribution in [2.45, 2.75) is 13.5 Å². The lowest BCUT2D eigenvalue weighted by Gasteiger charge is -2.10. The third kappa shape index (κ3) is 4.40. The van der Waals surface area contributed by atoms with E-state index in [9.17, 15) is 4.39 Å². The molecule has 0 spiro atoms. The SMILES string of the molecule is Cc1ccc(CNCCN(C)C)c(F)c1. The van der Waals surface area contributed by atoms with E-state index in [1.807, 2.05) is 33.2 Å². The van der Waals surface area contributed by atoms with Gasteiger partial charge in [-0.1, -0.05) is 12.1 Å². The summed E-state index contributed by atoms with van der Waals surface area (Å²) in [6.07, 6.45) is 0. The molecule has 0 saturated heterocycles. The molecule has 3 heteroatoms. The highest BCUT2D eigenvalue weighted by molar-refractivity contribution is 5.23. The Morgan fingerprint density at radius 2 is 2.07 bits per heavy atom. The first-order valence-corrected chi connectivity index (χ1v) is 5.20. The molecule has 0 atom stereocenters. The number of rotatable bonds is 5. The van der Waals surface area contributed by atoms with E-state index in [1.54, 1.807) is 6.07 Å². The molecule has 15 heavy (non-hydrogen) atoms. The molecule has 0 heterocycles. The van der Waals surface area contributed by atoms with Crippen LogP contribution in [0, 0.1) is 12.7 Å². The molecule has 0 unspecified atom stereocenters. The highest BCUT2D eigenvalue weighted by atomic mass is 19.1. The van der Waals surface area contributed by atoms with E-state index >= 15 is 0 Å². The number of halogens is 1. The second-order valence-corrected chi connectivity index (χ2v) is 4.07. The van der Waals surface area contributed by atoms with Crippen LogP contribution in [0.5, 0.6) is 0 Å². The Hall–Kier alpha value is -0.930. The van der Waals surface area contributed by atoms with Crippen molar-refractivity contribution in [2.75, 3.05) is 27.2 Å². The molecule has 0 aliphatic carbocycles. The second kappa shape index (κ2) is 5.83. The zero-order valence-electron chi connectivity index (χ0n) is 9.68. The van der Waals surface area contributed by atoms with Crippen LogP contribution in [-0.2, 0) is 6.54 Å². The molecule has 0 radical (unpaired) electrons. The van der Waals surface area contributed by atoms with Gasteiger partial charge < -0.3 is 10.2 Å². The van der Waals surface area contributed by atoms with Crippen molar-refractivity contribution in [1.29, 1.82) is 0 Å². The van der Waals surface area contributed by atoms with Crippen LogP contribution in [0.15, 0.2) is 18.2 Å². The molecule has 0 aliphatic rings. The van der Waals surface area contributed by atoms with Crippen LogP contribution in [0.2, 0.25) is 0 Å². The number of nitrogens with one attached hydrogen (secondary N) is 1. The molecule has 0 amide bonds. The Morgan fingerprint density at radius 3 is 2.67 bits per heavy atom. The Labute approximate surface area is 91.1 Å². The average Bonchev–Trinajstić information content (AvgIpc) is 2.14. The molecule has 1 rings (SSSR count). The van der Waals surface area contributed by atoms with Crippen molar-refractivity contribution in [2.24, 2.45) is 0 Å². The fourth-order valence-electron chi connectivity index (χ4n) is 1.32. The lowest BCUT2D eigenvalue weighted by molar-refractivity contribution is 0.399. The number of benzene rings is 1. The minimum atomic E-state index is -0.118. The number of hydrogen-bond acceptors (Lipinski definition) is 2. The van der Waals surface area contributed by atoms with Crippen LogP contribution in [0.3, 0.4) is 0 Å². The van der Waals surface area contributed by atoms with E-state index in [0.29, 0.717) is 6.54 Å². The molecule has 1 aromatic rings. The summed E-state index contributed by atoms with van der Waals surface area (Å²) in [5.74, 6) is -0.118. The molecule has 1 aromatic carbocycles. The molecule has 2 nitrogen and oxygen atoms in total. The first-order valence-electron chi connectivity index (χ1n) is 5.20. The predicted molar refractivity (Wildman–Crippen MR) is 61.4 cm³/mol. The number of likely N-dealkylation sites (N-methyl/N-ethyl adjacent to an activating group) is 1. The van der Waals surface area contributed by atoms with E-state index in [4.69, 9.17) is 0 Å². The van der Waals surface area contributed by atoms with E-state index in [0.717, 1.165) is 24.2 Å². The second-order valence-electron chi connectivity index (χ2n) is 4.07. The standard InChI is InChI=1S/C12H19FN2/c1-10-4-5-11(12(13)8-10)9-14-6-7-15(2)3/h4-5,8,14H,6-7,9H2,1-3H3. The maximum absolute atomic E-state index is 13.4. The maximum atomic E-state index is 13.4. The summed E-state index contributed by atoms with van der Waals surface area (Å²) in [6, 6.07) is 5.35. The van der Waals surface area contributed by atoms with Crippen molar-refractivity contribution >= 4 is 0 Å². The molecular weight excluding hydrogens is 191 g/mol. The van der Waals surface area contributed by atoms with E-state index in [-0.39, 0.29) is 5.82 Å². The molecule has 0 bridgehead atoms. The summed E-state index contributed by atoms with van der Waals surface area (Å²) in [7, 11) is 4.04. The highest BCUT2D eigenvalue weighted by Crippen LogP contribution is 2.09. The Morgan fingerprint density at radius 1 is 1.33 bits per heavy atom. The number of nitrogens with zero attached hydrogens (tertiary/aromatic N) is 1. The quantitative estimate of drug-likeness (QED) is 0.745. The van der Waals surface area contributed by atoms with Crippen molar-refractivity contribution in [1.82, 2.24) is 10.2 Å². The van der Waals surface area contributed by atoms with E-state index in [1.165, 1.54) is 0 Å². The smallest absolute Gasteiger partial charge is 0.127 e. The molecule has 84 valence electrons. The van der Waals surface area contributed by atoms with Crippen molar-refractivity contribution in [3.63, 3.8) is 0 Å². The third-order valence-corrected chi connectivity index (χ3v) is 2.26. The van der Waals surface area contributed by atoms with Gasteiger partial charge in [0.05, 0.1) is 0 Å². The lowest BCUT2D eigenvalue weighted by Crippen LogP contribution is -2.26. The zero-order valence-corrected chi connectivity index (χ0v) is 9.68. The molecular formula is C12H19FN2. The van der Waals surface area contributed by atoms with E-state index in [2.05, 4.69) is 10.2 Å². The monoisotopic (exact) mass is 210 g/mol. The Balaban J connectivity index is 2.37. The fourth-order valence-corrected chi connectivity index (χ4v) is 1.32. The van der Waals surface area contributed by atoms with Crippen LogP contribution in [-0.4, -0.2) is 32.1 Å². The maximum Gasteiger partial charge on any atom is 0.127 e. The van der Waals surface area contributed by atoms with Gasteiger partial charge in [0.1, 0.15) is 5.82 Å². The largest absolute Gasteiger partial charge is 0.311 e. The highest BCUT2D eigenvalue weighted by Gasteiger charge is 2.01. The van der Waals surface area contributed by atoms with Gasteiger partial charge in [0.15, 0.2) is 0 Å². The van der Waals surface area contributed by atoms with Gasteiger partial charge >= 0.3 is 0 Å².